The zero-order valence-electron chi connectivity index (χ0n) is 21.7. The highest BCUT2D eigenvalue weighted by Gasteiger charge is 2.18. The van der Waals surface area contributed by atoms with E-state index in [1.165, 1.54) is 116 Å². The molecule has 0 amide bonds. The van der Waals surface area contributed by atoms with Crippen LogP contribution in [0.25, 0.3) is 5.57 Å². The van der Waals surface area contributed by atoms with E-state index in [1.807, 2.05) is 0 Å². The van der Waals surface area contributed by atoms with Crippen molar-refractivity contribution in [2.24, 2.45) is 5.92 Å². The molecule has 1 aromatic carbocycles. The Morgan fingerprint density at radius 3 is 2.41 bits per heavy atom. The van der Waals surface area contributed by atoms with E-state index in [9.17, 15) is 0 Å². The summed E-state index contributed by atoms with van der Waals surface area (Å²) in [6.45, 7) is 15.5. The molecule has 0 nitrogen and oxygen atoms in total. The van der Waals surface area contributed by atoms with Crippen LogP contribution in [0.4, 0.5) is 0 Å². The zero-order valence-corrected chi connectivity index (χ0v) is 21.7. The normalized spacial score (nSPS) is 16.8. The quantitative estimate of drug-likeness (QED) is 0.227. The molecule has 0 unspecified atom stereocenters. The van der Waals surface area contributed by atoms with Crippen LogP contribution in [0.2, 0.25) is 0 Å². The second-order valence-electron chi connectivity index (χ2n) is 10.0. The Balaban J connectivity index is 2.41. The largest absolute Gasteiger partial charge is 0.0984 e. The first-order valence-electron chi connectivity index (χ1n) is 13.3. The monoisotopic (exact) mass is 432 g/mol. The van der Waals surface area contributed by atoms with Crippen LogP contribution in [0.1, 0.15) is 115 Å². The SMILES string of the molecule is C=CC(=C\C(C)=C/C)/C(=C(\C)CC1CCCCC1)c1cc(CCCCCCC)ccc1C. The van der Waals surface area contributed by atoms with Gasteiger partial charge in [-0.25, -0.2) is 0 Å². The lowest BCUT2D eigenvalue weighted by atomic mass is 9.81. The summed E-state index contributed by atoms with van der Waals surface area (Å²) in [5, 5.41) is 0. The van der Waals surface area contributed by atoms with Gasteiger partial charge in [-0.05, 0) is 80.7 Å². The summed E-state index contributed by atoms with van der Waals surface area (Å²) in [6, 6.07) is 7.17. The fraction of sp³-hybridized carbons (Fsp3) is 0.562. The Morgan fingerprint density at radius 1 is 1.03 bits per heavy atom. The molecule has 0 spiro atoms. The summed E-state index contributed by atoms with van der Waals surface area (Å²) in [7, 11) is 0. The van der Waals surface area contributed by atoms with Gasteiger partial charge in [-0.1, -0.05) is 119 Å². The Hall–Kier alpha value is -1.82. The summed E-state index contributed by atoms with van der Waals surface area (Å²) in [4.78, 5) is 0. The molecule has 0 aliphatic heterocycles. The molecule has 1 saturated carbocycles. The fourth-order valence-electron chi connectivity index (χ4n) is 5.15. The number of aryl methyl sites for hydroxylation is 2. The highest BCUT2D eigenvalue weighted by atomic mass is 14.2. The average Bonchev–Trinajstić information content (AvgIpc) is 2.80. The van der Waals surface area contributed by atoms with Gasteiger partial charge in [-0.15, -0.1) is 0 Å². The van der Waals surface area contributed by atoms with Gasteiger partial charge in [0.25, 0.3) is 0 Å². The Bertz CT molecular complexity index is 808. The molecule has 2 rings (SSSR count). The van der Waals surface area contributed by atoms with Crippen molar-refractivity contribution >= 4 is 5.57 Å². The molecule has 0 heterocycles. The molecule has 0 radical (unpaired) electrons. The first kappa shape index (κ1) is 26.4. The highest BCUT2D eigenvalue weighted by Crippen LogP contribution is 2.37. The van der Waals surface area contributed by atoms with Crippen molar-refractivity contribution in [3.05, 3.63) is 76.4 Å². The van der Waals surface area contributed by atoms with E-state index in [4.69, 9.17) is 0 Å². The van der Waals surface area contributed by atoms with Gasteiger partial charge in [0.05, 0.1) is 0 Å². The van der Waals surface area contributed by atoms with E-state index in [0.717, 1.165) is 5.92 Å². The second-order valence-corrected chi connectivity index (χ2v) is 10.0. The first-order valence-corrected chi connectivity index (χ1v) is 13.3. The maximum atomic E-state index is 4.22. The van der Waals surface area contributed by atoms with Crippen LogP contribution in [0.5, 0.6) is 0 Å². The Kier molecular flexibility index (Phi) is 11.9. The van der Waals surface area contributed by atoms with Crippen LogP contribution in [0, 0.1) is 12.8 Å². The fourth-order valence-corrected chi connectivity index (χ4v) is 5.15. The van der Waals surface area contributed by atoms with Crippen molar-refractivity contribution in [1.82, 2.24) is 0 Å². The van der Waals surface area contributed by atoms with Gasteiger partial charge in [0.2, 0.25) is 0 Å². The minimum atomic E-state index is 0.842. The molecular formula is C32H48. The van der Waals surface area contributed by atoms with E-state index >= 15 is 0 Å². The predicted molar refractivity (Wildman–Crippen MR) is 145 cm³/mol. The lowest BCUT2D eigenvalue weighted by Crippen LogP contribution is -2.08. The van der Waals surface area contributed by atoms with Crippen molar-refractivity contribution in [3.8, 4) is 0 Å². The molecule has 0 bridgehead atoms. The van der Waals surface area contributed by atoms with E-state index in [-0.39, 0.29) is 0 Å². The number of rotatable bonds is 12. The van der Waals surface area contributed by atoms with Gasteiger partial charge in [-0.3, -0.25) is 0 Å². The maximum Gasteiger partial charge on any atom is -0.0119 e. The number of benzene rings is 1. The topological polar surface area (TPSA) is 0 Å². The maximum absolute atomic E-state index is 4.22. The summed E-state index contributed by atoms with van der Waals surface area (Å²) in [6.07, 6.45) is 22.7. The Morgan fingerprint density at radius 2 is 1.75 bits per heavy atom. The minimum absolute atomic E-state index is 0.842. The van der Waals surface area contributed by atoms with Crippen LogP contribution < -0.4 is 0 Å². The number of allylic oxidation sites excluding steroid dienone is 7. The third kappa shape index (κ3) is 8.27. The van der Waals surface area contributed by atoms with E-state index in [0.29, 0.717) is 0 Å². The molecular weight excluding hydrogens is 384 g/mol. The van der Waals surface area contributed by atoms with Gasteiger partial charge in [0, 0.05) is 0 Å². The summed E-state index contributed by atoms with van der Waals surface area (Å²) in [5.41, 5.74) is 9.82. The van der Waals surface area contributed by atoms with Crippen LogP contribution >= 0.6 is 0 Å². The molecule has 0 heteroatoms. The van der Waals surface area contributed by atoms with Gasteiger partial charge in [0.15, 0.2) is 0 Å². The smallest absolute Gasteiger partial charge is 0.0119 e. The molecule has 0 atom stereocenters. The van der Waals surface area contributed by atoms with Crippen LogP contribution in [-0.2, 0) is 6.42 Å². The molecule has 176 valence electrons. The summed E-state index contributed by atoms with van der Waals surface area (Å²) >= 11 is 0. The Labute approximate surface area is 199 Å². The third-order valence-electron chi connectivity index (χ3n) is 7.23. The molecule has 0 saturated heterocycles. The number of hydrogen-bond acceptors (Lipinski definition) is 0. The van der Waals surface area contributed by atoms with Crippen molar-refractivity contribution in [2.45, 2.75) is 112 Å². The second kappa shape index (κ2) is 14.4. The summed E-state index contributed by atoms with van der Waals surface area (Å²) < 4.78 is 0. The molecule has 32 heavy (non-hydrogen) atoms. The van der Waals surface area contributed by atoms with E-state index < -0.39 is 0 Å². The van der Waals surface area contributed by atoms with Crippen LogP contribution in [0.3, 0.4) is 0 Å². The molecule has 1 aliphatic carbocycles. The van der Waals surface area contributed by atoms with Gasteiger partial charge < -0.3 is 0 Å². The van der Waals surface area contributed by atoms with Gasteiger partial charge in [-0.2, -0.15) is 0 Å². The van der Waals surface area contributed by atoms with Crippen molar-refractivity contribution < 1.29 is 0 Å². The third-order valence-corrected chi connectivity index (χ3v) is 7.23. The van der Waals surface area contributed by atoms with Crippen molar-refractivity contribution in [1.29, 1.82) is 0 Å². The van der Waals surface area contributed by atoms with Crippen molar-refractivity contribution in [2.75, 3.05) is 0 Å². The molecule has 0 aromatic heterocycles. The van der Waals surface area contributed by atoms with Gasteiger partial charge >= 0.3 is 0 Å². The van der Waals surface area contributed by atoms with Crippen molar-refractivity contribution in [3.63, 3.8) is 0 Å². The standard InChI is InChI=1S/C32H48/c1-7-10-11-12-14-19-29-21-20-26(5)31(24-29)32(30(9-3)22-25(4)8-2)27(6)23-28-17-15-13-16-18-28/h8-9,20-22,24,28H,3,7,10-19,23H2,1-2,4-6H3/b25-8-,30-22+,32-27-. The molecule has 1 fully saturated rings. The van der Waals surface area contributed by atoms with Crippen LogP contribution in [-0.4, -0.2) is 0 Å². The van der Waals surface area contributed by atoms with E-state index in [1.54, 1.807) is 0 Å². The van der Waals surface area contributed by atoms with Gasteiger partial charge in [0.1, 0.15) is 0 Å². The molecule has 1 aromatic rings. The lowest BCUT2D eigenvalue weighted by Gasteiger charge is -2.24. The number of hydrogen-bond donors (Lipinski definition) is 0. The highest BCUT2D eigenvalue weighted by molar-refractivity contribution is 5.86. The molecule has 1 aliphatic rings. The summed E-state index contributed by atoms with van der Waals surface area (Å²) in [5.74, 6) is 0.842. The first-order chi connectivity index (χ1) is 15.5. The van der Waals surface area contributed by atoms with Crippen LogP contribution in [0.15, 0.2) is 59.7 Å². The lowest BCUT2D eigenvalue weighted by molar-refractivity contribution is 0.356. The van der Waals surface area contributed by atoms with E-state index in [2.05, 4.69) is 77.6 Å². The average molecular weight is 433 g/mol. The predicted octanol–water partition coefficient (Wildman–Crippen LogP) is 10.3. The number of unbranched alkanes of at least 4 members (excludes halogenated alkanes) is 4. The zero-order chi connectivity index (χ0) is 23.3. The molecule has 0 N–H and O–H groups in total. The minimum Gasteiger partial charge on any atom is -0.0984 e.